The molecule has 3 aromatic rings. The summed E-state index contributed by atoms with van der Waals surface area (Å²) in [6, 6.07) is 15.3. The van der Waals surface area contributed by atoms with E-state index < -0.39 is 10.0 Å². The lowest BCUT2D eigenvalue weighted by molar-refractivity contribution is -0.131. The fourth-order valence-corrected chi connectivity index (χ4v) is 5.97. The van der Waals surface area contributed by atoms with Crippen LogP contribution < -0.4 is 14.8 Å². The summed E-state index contributed by atoms with van der Waals surface area (Å²) < 4.78 is 38.7. The van der Waals surface area contributed by atoms with Crippen LogP contribution in [0.15, 0.2) is 77.5 Å². The van der Waals surface area contributed by atoms with Gasteiger partial charge >= 0.3 is 0 Å². The lowest BCUT2D eigenvalue weighted by Crippen LogP contribution is -2.43. The standard InChI is InChI=1S/C28H33N3O6S2/c1-5-15-31(39(34,35)25-11-9-23(10-12-25)29-21(2)32)20-28(33)30(19-24-7-6-17-38-24)16-14-22-8-13-26(36-3)27(18-22)37-4/h5-13,17-18H,1,14-16,19-20H2,2-4H3,(H,29,32). The number of rotatable bonds is 14. The van der Waals surface area contributed by atoms with Crippen molar-refractivity contribution in [1.29, 1.82) is 0 Å². The third-order valence-corrected chi connectivity index (χ3v) is 8.54. The number of amides is 2. The fraction of sp³-hybridized carbons (Fsp3) is 0.286. The molecule has 0 spiro atoms. The highest BCUT2D eigenvalue weighted by molar-refractivity contribution is 7.89. The number of carbonyl (C=O) groups is 2. The maximum atomic E-state index is 13.6. The van der Waals surface area contributed by atoms with Gasteiger partial charge in [-0.15, -0.1) is 17.9 Å². The third-order valence-electron chi connectivity index (χ3n) is 5.85. The first-order chi connectivity index (χ1) is 18.7. The highest BCUT2D eigenvalue weighted by atomic mass is 32.2. The van der Waals surface area contributed by atoms with Crippen LogP contribution in [0.3, 0.4) is 0 Å². The molecule has 0 aliphatic carbocycles. The Kier molecular flexibility index (Phi) is 10.7. The molecule has 2 amide bonds. The van der Waals surface area contributed by atoms with E-state index in [1.807, 2.05) is 35.7 Å². The Morgan fingerprint density at radius 1 is 1.05 bits per heavy atom. The summed E-state index contributed by atoms with van der Waals surface area (Å²) in [7, 11) is -0.874. The molecule has 208 valence electrons. The van der Waals surface area contributed by atoms with E-state index in [1.54, 1.807) is 19.1 Å². The van der Waals surface area contributed by atoms with Gasteiger partial charge in [-0.3, -0.25) is 9.59 Å². The SMILES string of the molecule is C=CCN(CC(=O)N(CCc1ccc(OC)c(OC)c1)Cc1cccs1)S(=O)(=O)c1ccc(NC(C)=O)cc1. The number of hydrogen-bond acceptors (Lipinski definition) is 7. The Morgan fingerprint density at radius 2 is 1.77 bits per heavy atom. The topological polar surface area (TPSA) is 105 Å². The number of benzene rings is 2. The Hall–Kier alpha value is -3.67. The molecule has 39 heavy (non-hydrogen) atoms. The molecule has 1 aromatic heterocycles. The Balaban J connectivity index is 1.80. The molecule has 0 aliphatic heterocycles. The quantitative estimate of drug-likeness (QED) is 0.291. The third kappa shape index (κ3) is 8.16. The summed E-state index contributed by atoms with van der Waals surface area (Å²) in [4.78, 5) is 27.5. The molecule has 0 saturated carbocycles. The number of thiophene rings is 1. The van der Waals surface area contributed by atoms with Gasteiger partial charge in [-0.2, -0.15) is 4.31 Å². The van der Waals surface area contributed by atoms with E-state index in [1.165, 1.54) is 48.6 Å². The lowest BCUT2D eigenvalue weighted by Gasteiger charge is -2.27. The second-order valence-electron chi connectivity index (χ2n) is 8.63. The zero-order chi connectivity index (χ0) is 28.4. The molecule has 0 unspecified atom stereocenters. The maximum Gasteiger partial charge on any atom is 0.243 e. The van der Waals surface area contributed by atoms with Crippen molar-refractivity contribution in [3.8, 4) is 11.5 Å². The summed E-state index contributed by atoms with van der Waals surface area (Å²) in [5, 5.41) is 4.54. The van der Waals surface area contributed by atoms with Gasteiger partial charge in [-0.1, -0.05) is 18.2 Å². The summed E-state index contributed by atoms with van der Waals surface area (Å²) in [6.07, 6.45) is 1.99. The zero-order valence-corrected chi connectivity index (χ0v) is 23.9. The van der Waals surface area contributed by atoms with Crippen molar-refractivity contribution in [1.82, 2.24) is 9.21 Å². The van der Waals surface area contributed by atoms with E-state index in [2.05, 4.69) is 11.9 Å². The highest BCUT2D eigenvalue weighted by Gasteiger charge is 2.28. The van der Waals surface area contributed by atoms with Crippen LogP contribution in [-0.2, 0) is 32.6 Å². The van der Waals surface area contributed by atoms with Gasteiger partial charge in [0.2, 0.25) is 21.8 Å². The van der Waals surface area contributed by atoms with E-state index in [0.29, 0.717) is 36.7 Å². The zero-order valence-electron chi connectivity index (χ0n) is 22.3. The molecule has 2 aromatic carbocycles. The average molecular weight is 572 g/mol. The summed E-state index contributed by atoms with van der Waals surface area (Å²) in [6.45, 7) is 5.39. The monoisotopic (exact) mass is 571 g/mol. The first-order valence-corrected chi connectivity index (χ1v) is 14.5. The van der Waals surface area contributed by atoms with Crippen molar-refractivity contribution < 1.29 is 27.5 Å². The van der Waals surface area contributed by atoms with Crippen LogP contribution in [0, 0.1) is 0 Å². The number of carbonyl (C=O) groups excluding carboxylic acids is 2. The molecule has 0 aliphatic rings. The second-order valence-corrected chi connectivity index (χ2v) is 11.6. The number of sulfonamides is 1. The molecule has 0 radical (unpaired) electrons. The van der Waals surface area contributed by atoms with Crippen molar-refractivity contribution >= 4 is 38.9 Å². The van der Waals surface area contributed by atoms with Crippen LogP contribution >= 0.6 is 11.3 Å². The second kappa shape index (κ2) is 13.9. The molecular weight excluding hydrogens is 538 g/mol. The molecule has 0 atom stereocenters. The van der Waals surface area contributed by atoms with Crippen LogP contribution in [0.4, 0.5) is 5.69 Å². The van der Waals surface area contributed by atoms with Gasteiger partial charge in [-0.25, -0.2) is 8.42 Å². The molecule has 0 bridgehead atoms. The fourth-order valence-electron chi connectivity index (χ4n) is 3.89. The van der Waals surface area contributed by atoms with Crippen molar-refractivity contribution in [2.24, 2.45) is 0 Å². The minimum absolute atomic E-state index is 0.0152. The first-order valence-electron chi connectivity index (χ1n) is 12.2. The van der Waals surface area contributed by atoms with Crippen molar-refractivity contribution in [2.75, 3.05) is 39.2 Å². The summed E-state index contributed by atoms with van der Waals surface area (Å²) >= 11 is 1.53. The molecule has 1 heterocycles. The largest absolute Gasteiger partial charge is 0.493 e. The van der Waals surface area contributed by atoms with Crippen LogP contribution in [0.25, 0.3) is 0 Å². The van der Waals surface area contributed by atoms with Gasteiger partial charge in [0.1, 0.15) is 0 Å². The highest BCUT2D eigenvalue weighted by Crippen LogP contribution is 2.28. The van der Waals surface area contributed by atoms with Crippen molar-refractivity contribution in [3.63, 3.8) is 0 Å². The van der Waals surface area contributed by atoms with Crippen LogP contribution in [-0.4, -0.2) is 63.3 Å². The van der Waals surface area contributed by atoms with Gasteiger partial charge in [0, 0.05) is 30.6 Å². The lowest BCUT2D eigenvalue weighted by atomic mass is 10.1. The van der Waals surface area contributed by atoms with Gasteiger partial charge < -0.3 is 19.7 Å². The Labute approximate surface area is 233 Å². The summed E-state index contributed by atoms with van der Waals surface area (Å²) in [5.41, 5.74) is 1.43. The van der Waals surface area contributed by atoms with Gasteiger partial charge in [0.15, 0.2) is 11.5 Å². The van der Waals surface area contributed by atoms with Crippen LogP contribution in [0.1, 0.15) is 17.4 Å². The molecule has 0 saturated heterocycles. The number of anilines is 1. The number of hydrogen-bond donors (Lipinski definition) is 1. The van der Waals surface area contributed by atoms with Crippen LogP contribution in [0.2, 0.25) is 0 Å². The van der Waals surface area contributed by atoms with E-state index in [4.69, 9.17) is 9.47 Å². The van der Waals surface area contributed by atoms with E-state index >= 15 is 0 Å². The minimum atomic E-state index is -4.01. The van der Waals surface area contributed by atoms with Gasteiger partial charge in [0.05, 0.1) is 32.2 Å². The van der Waals surface area contributed by atoms with Crippen LogP contribution in [0.5, 0.6) is 11.5 Å². The van der Waals surface area contributed by atoms with E-state index in [9.17, 15) is 18.0 Å². The number of nitrogens with zero attached hydrogens (tertiary/aromatic N) is 2. The predicted octanol–water partition coefficient (Wildman–Crippen LogP) is 4.17. The van der Waals surface area contributed by atoms with Gasteiger partial charge in [0.25, 0.3) is 0 Å². The smallest absolute Gasteiger partial charge is 0.243 e. The van der Waals surface area contributed by atoms with E-state index in [0.717, 1.165) is 14.7 Å². The summed E-state index contributed by atoms with van der Waals surface area (Å²) in [5.74, 6) is 0.620. The molecule has 9 nitrogen and oxygen atoms in total. The Bertz CT molecular complexity index is 1370. The van der Waals surface area contributed by atoms with Gasteiger partial charge in [-0.05, 0) is 59.8 Å². The normalized spacial score (nSPS) is 11.2. The molecular formula is C28H33N3O6S2. The molecule has 3 rings (SSSR count). The average Bonchev–Trinajstić information content (AvgIpc) is 3.43. The molecule has 0 fully saturated rings. The predicted molar refractivity (Wildman–Crippen MR) is 153 cm³/mol. The van der Waals surface area contributed by atoms with E-state index in [-0.39, 0.29) is 29.8 Å². The minimum Gasteiger partial charge on any atom is -0.493 e. The first kappa shape index (κ1) is 29.9. The molecule has 1 N–H and O–H groups in total. The Morgan fingerprint density at radius 3 is 2.36 bits per heavy atom. The number of methoxy groups -OCH3 is 2. The number of ether oxygens (including phenoxy) is 2. The number of nitrogens with one attached hydrogen (secondary N) is 1. The maximum absolute atomic E-state index is 13.6. The van der Waals surface area contributed by atoms with Crippen molar-refractivity contribution in [3.05, 3.63) is 83.1 Å². The molecule has 11 heteroatoms. The van der Waals surface area contributed by atoms with Crippen molar-refractivity contribution in [2.45, 2.75) is 24.8 Å².